The average molecular weight is 387 g/mol. The molecule has 1 atom stereocenters. The van der Waals surface area contributed by atoms with E-state index in [1.165, 1.54) is 5.56 Å². The second kappa shape index (κ2) is 10.5. The third-order valence-corrected chi connectivity index (χ3v) is 4.86. The molecule has 0 aliphatic rings. The molecule has 0 radical (unpaired) electrons. The maximum absolute atomic E-state index is 13.1. The lowest BCUT2D eigenvalue weighted by Gasteiger charge is -2.08. The Morgan fingerprint density at radius 3 is 2.10 bits per heavy atom. The predicted octanol–water partition coefficient (Wildman–Crippen LogP) is 6.41. The number of aryl methyl sites for hydroxylation is 2. The number of hydrogen-bond acceptors (Lipinski definition) is 2. The zero-order chi connectivity index (χ0) is 20.5. The average Bonchev–Trinajstić information content (AvgIpc) is 2.77. The fourth-order valence-electron chi connectivity index (χ4n) is 3.07. The molecule has 0 fully saturated rings. The van der Waals surface area contributed by atoms with Gasteiger partial charge in [-0.1, -0.05) is 85.8 Å². The topological polar surface area (TPSA) is 24.7 Å². The van der Waals surface area contributed by atoms with Crippen molar-refractivity contribution in [3.8, 4) is 0 Å². The summed E-state index contributed by atoms with van der Waals surface area (Å²) in [5, 5.41) is 8.88. The number of alkyl halides is 1. The van der Waals surface area contributed by atoms with Gasteiger partial charge in [0, 0.05) is 11.1 Å². The van der Waals surface area contributed by atoms with Gasteiger partial charge in [-0.15, -0.1) is 5.10 Å². The van der Waals surface area contributed by atoms with Crippen molar-refractivity contribution in [3.63, 3.8) is 0 Å². The Morgan fingerprint density at radius 1 is 0.862 bits per heavy atom. The fraction of sp³-hybridized carbons (Fsp3) is 0.231. The highest BCUT2D eigenvalue weighted by atomic mass is 19.1. The van der Waals surface area contributed by atoms with Crippen LogP contribution in [-0.4, -0.2) is 18.1 Å². The smallest absolute Gasteiger partial charge is 0.100 e. The summed E-state index contributed by atoms with van der Waals surface area (Å²) in [6, 6.07) is 26.5. The fourth-order valence-corrected chi connectivity index (χ4v) is 3.07. The van der Waals surface area contributed by atoms with Crippen LogP contribution in [-0.2, 0) is 12.8 Å². The summed E-state index contributed by atoms with van der Waals surface area (Å²) in [5.74, 6) is 0. The standard InChI is InChI=1S/C26H27FN2/c1-3-21-11-13-23(14-12-21)19-28-29-26(24-7-5-4-6-8-24)25-17-15-22(16-18-25)10-9-20(2)27/h4-8,11-20H,3,9-10H2,1-2H3. The normalized spacial score (nSPS) is 13.0. The third kappa shape index (κ3) is 6.21. The van der Waals surface area contributed by atoms with E-state index < -0.39 is 6.17 Å². The molecule has 0 aliphatic carbocycles. The van der Waals surface area contributed by atoms with Crippen LogP contribution in [0, 0.1) is 0 Å². The Balaban J connectivity index is 1.84. The molecule has 0 spiro atoms. The second-order valence-corrected chi connectivity index (χ2v) is 7.17. The van der Waals surface area contributed by atoms with E-state index in [9.17, 15) is 4.39 Å². The monoisotopic (exact) mass is 386 g/mol. The van der Waals surface area contributed by atoms with Crippen LogP contribution >= 0.6 is 0 Å². The molecular formula is C26H27FN2. The molecule has 0 aliphatic heterocycles. The van der Waals surface area contributed by atoms with Crippen molar-refractivity contribution in [2.75, 3.05) is 0 Å². The van der Waals surface area contributed by atoms with Crippen LogP contribution in [0.15, 0.2) is 89.1 Å². The van der Waals surface area contributed by atoms with E-state index in [1.54, 1.807) is 13.1 Å². The van der Waals surface area contributed by atoms with Crippen LogP contribution in [0.1, 0.15) is 48.1 Å². The lowest BCUT2D eigenvalue weighted by molar-refractivity contribution is 0.341. The van der Waals surface area contributed by atoms with Gasteiger partial charge in [-0.2, -0.15) is 5.10 Å². The van der Waals surface area contributed by atoms with Gasteiger partial charge in [-0.05, 0) is 42.9 Å². The van der Waals surface area contributed by atoms with Gasteiger partial charge < -0.3 is 0 Å². The van der Waals surface area contributed by atoms with Gasteiger partial charge in [0.05, 0.1) is 12.4 Å². The maximum atomic E-state index is 13.1. The van der Waals surface area contributed by atoms with Gasteiger partial charge in [-0.25, -0.2) is 4.39 Å². The van der Waals surface area contributed by atoms with Gasteiger partial charge >= 0.3 is 0 Å². The first kappa shape index (κ1) is 20.7. The van der Waals surface area contributed by atoms with Crippen molar-refractivity contribution in [1.29, 1.82) is 0 Å². The van der Waals surface area contributed by atoms with E-state index in [2.05, 4.69) is 41.4 Å². The highest BCUT2D eigenvalue weighted by Crippen LogP contribution is 2.15. The lowest BCUT2D eigenvalue weighted by Crippen LogP contribution is -2.03. The predicted molar refractivity (Wildman–Crippen MR) is 121 cm³/mol. The minimum atomic E-state index is -0.781. The van der Waals surface area contributed by atoms with E-state index in [1.807, 2.05) is 54.6 Å². The van der Waals surface area contributed by atoms with E-state index in [0.29, 0.717) is 6.42 Å². The quantitative estimate of drug-likeness (QED) is 0.316. The summed E-state index contributed by atoms with van der Waals surface area (Å²) >= 11 is 0. The van der Waals surface area contributed by atoms with E-state index in [4.69, 9.17) is 0 Å². The van der Waals surface area contributed by atoms with E-state index >= 15 is 0 Å². The van der Waals surface area contributed by atoms with Crippen molar-refractivity contribution in [3.05, 3.63) is 107 Å². The first-order chi connectivity index (χ1) is 14.2. The highest BCUT2D eigenvalue weighted by Gasteiger charge is 2.07. The first-order valence-electron chi connectivity index (χ1n) is 10.1. The molecule has 0 heterocycles. The largest absolute Gasteiger partial charge is 0.248 e. The molecule has 29 heavy (non-hydrogen) atoms. The second-order valence-electron chi connectivity index (χ2n) is 7.17. The molecule has 148 valence electrons. The SMILES string of the molecule is CCc1ccc(C=NN=C(c2ccccc2)c2ccc(CCC(C)F)cc2)cc1. The zero-order valence-electron chi connectivity index (χ0n) is 17.1. The summed E-state index contributed by atoms with van der Waals surface area (Å²) in [6.07, 6.45) is 3.30. The molecule has 2 nitrogen and oxygen atoms in total. The Bertz CT molecular complexity index is 940. The van der Waals surface area contributed by atoms with Crippen molar-refractivity contribution in [2.24, 2.45) is 10.2 Å². The van der Waals surface area contributed by atoms with Crippen LogP contribution in [0.5, 0.6) is 0 Å². The van der Waals surface area contributed by atoms with Crippen molar-refractivity contribution in [1.82, 2.24) is 0 Å². The molecule has 3 heteroatoms. The molecule has 3 aromatic rings. The molecule has 0 saturated carbocycles. The van der Waals surface area contributed by atoms with Gasteiger partial charge in [0.2, 0.25) is 0 Å². The number of nitrogens with zero attached hydrogens (tertiary/aromatic N) is 2. The number of rotatable bonds is 8. The molecular weight excluding hydrogens is 359 g/mol. The van der Waals surface area contributed by atoms with Crippen LogP contribution in [0.4, 0.5) is 4.39 Å². The molecule has 0 aromatic heterocycles. The Morgan fingerprint density at radius 2 is 1.48 bits per heavy atom. The molecule has 3 aromatic carbocycles. The summed E-state index contributed by atoms with van der Waals surface area (Å²) in [6.45, 7) is 3.74. The number of halogens is 1. The number of benzene rings is 3. The lowest BCUT2D eigenvalue weighted by atomic mass is 9.99. The van der Waals surface area contributed by atoms with Gasteiger partial charge in [0.25, 0.3) is 0 Å². The zero-order valence-corrected chi connectivity index (χ0v) is 17.1. The minimum absolute atomic E-state index is 0.542. The summed E-state index contributed by atoms with van der Waals surface area (Å²) in [4.78, 5) is 0. The van der Waals surface area contributed by atoms with Crippen molar-refractivity contribution < 1.29 is 4.39 Å². The van der Waals surface area contributed by atoms with Crippen LogP contribution in [0.2, 0.25) is 0 Å². The summed E-state index contributed by atoms with van der Waals surface area (Å²) in [7, 11) is 0. The van der Waals surface area contributed by atoms with Gasteiger partial charge in [0.1, 0.15) is 5.71 Å². The molecule has 3 rings (SSSR count). The molecule has 1 unspecified atom stereocenters. The summed E-state index contributed by atoms with van der Waals surface area (Å²) < 4.78 is 13.1. The summed E-state index contributed by atoms with van der Waals surface area (Å²) in [5.41, 5.74) is 6.28. The van der Waals surface area contributed by atoms with Crippen LogP contribution in [0.3, 0.4) is 0 Å². The first-order valence-corrected chi connectivity index (χ1v) is 10.1. The van der Waals surface area contributed by atoms with E-state index in [-0.39, 0.29) is 0 Å². The van der Waals surface area contributed by atoms with Crippen molar-refractivity contribution in [2.45, 2.75) is 39.3 Å². The van der Waals surface area contributed by atoms with E-state index in [0.717, 1.165) is 40.8 Å². The Hall–Kier alpha value is -3.07. The minimum Gasteiger partial charge on any atom is -0.248 e. The Kier molecular flexibility index (Phi) is 7.46. The molecule has 0 amide bonds. The Labute approximate surface area is 172 Å². The van der Waals surface area contributed by atoms with Crippen molar-refractivity contribution >= 4 is 11.9 Å². The molecule has 0 bridgehead atoms. The maximum Gasteiger partial charge on any atom is 0.100 e. The van der Waals surface area contributed by atoms with Crippen LogP contribution < -0.4 is 0 Å². The van der Waals surface area contributed by atoms with Gasteiger partial charge in [0.15, 0.2) is 0 Å². The highest BCUT2D eigenvalue weighted by molar-refractivity contribution is 6.13. The van der Waals surface area contributed by atoms with Crippen LogP contribution in [0.25, 0.3) is 0 Å². The van der Waals surface area contributed by atoms with Gasteiger partial charge in [-0.3, -0.25) is 0 Å². The number of hydrogen-bond donors (Lipinski definition) is 0. The molecule has 0 N–H and O–H groups in total. The molecule has 0 saturated heterocycles. The third-order valence-electron chi connectivity index (χ3n) is 4.86.